The molecule has 3 nitrogen and oxygen atoms in total. The fourth-order valence-electron chi connectivity index (χ4n) is 2.56. The van der Waals surface area contributed by atoms with Crippen LogP contribution < -0.4 is 0 Å². The lowest BCUT2D eigenvalue weighted by Gasteiger charge is -2.16. The second-order valence-corrected chi connectivity index (χ2v) is 5.09. The van der Waals surface area contributed by atoms with Crippen molar-refractivity contribution >= 4 is 12.1 Å². The first-order chi connectivity index (χ1) is 10.3. The molecule has 0 radical (unpaired) electrons. The SMILES string of the molecule is O=CN1N=C(c2ccc(F)cc2)CC1Cc1ccccc1. The van der Waals surface area contributed by atoms with Gasteiger partial charge in [-0.3, -0.25) is 4.79 Å². The zero-order valence-corrected chi connectivity index (χ0v) is 11.4. The molecule has 2 aromatic carbocycles. The highest BCUT2D eigenvalue weighted by molar-refractivity contribution is 6.02. The number of nitrogens with zero attached hydrogens (tertiary/aromatic N) is 2. The molecule has 0 aromatic heterocycles. The van der Waals surface area contributed by atoms with Gasteiger partial charge in [-0.05, 0) is 29.7 Å². The van der Waals surface area contributed by atoms with Gasteiger partial charge in [0.1, 0.15) is 5.82 Å². The van der Waals surface area contributed by atoms with Crippen LogP contribution in [0.25, 0.3) is 0 Å². The number of hydrazone groups is 1. The highest BCUT2D eigenvalue weighted by Crippen LogP contribution is 2.22. The van der Waals surface area contributed by atoms with Crippen LogP contribution in [-0.4, -0.2) is 23.2 Å². The van der Waals surface area contributed by atoms with E-state index in [1.165, 1.54) is 22.7 Å². The van der Waals surface area contributed by atoms with Crippen LogP contribution in [-0.2, 0) is 11.2 Å². The van der Waals surface area contributed by atoms with Gasteiger partial charge in [-0.1, -0.05) is 42.5 Å². The number of halogens is 1. The van der Waals surface area contributed by atoms with Crippen LogP contribution in [0.1, 0.15) is 17.5 Å². The Bertz CT molecular complexity index is 652. The Morgan fingerprint density at radius 2 is 1.86 bits per heavy atom. The standard InChI is InChI=1S/C17H15FN2O/c18-15-8-6-14(7-9-15)17-11-16(20(12-21)19-17)10-13-4-2-1-3-5-13/h1-9,12,16H,10-11H2. The van der Waals surface area contributed by atoms with Crippen LogP contribution in [0.15, 0.2) is 59.7 Å². The van der Waals surface area contributed by atoms with Crippen molar-refractivity contribution < 1.29 is 9.18 Å². The Morgan fingerprint density at radius 3 is 2.52 bits per heavy atom. The predicted molar refractivity (Wildman–Crippen MR) is 79.4 cm³/mol. The minimum Gasteiger partial charge on any atom is -0.277 e. The van der Waals surface area contributed by atoms with Gasteiger partial charge in [0, 0.05) is 6.42 Å². The summed E-state index contributed by atoms with van der Waals surface area (Å²) in [5.41, 5.74) is 2.85. The third kappa shape index (κ3) is 2.99. The largest absolute Gasteiger partial charge is 0.277 e. The first-order valence-electron chi connectivity index (χ1n) is 6.87. The molecule has 1 aliphatic rings. The molecule has 0 saturated heterocycles. The second kappa shape index (κ2) is 5.87. The zero-order valence-electron chi connectivity index (χ0n) is 11.4. The molecule has 3 rings (SSSR count). The van der Waals surface area contributed by atoms with Gasteiger partial charge >= 0.3 is 0 Å². The number of carbonyl (C=O) groups is 1. The van der Waals surface area contributed by atoms with Crippen molar-refractivity contribution in [3.8, 4) is 0 Å². The highest BCUT2D eigenvalue weighted by Gasteiger charge is 2.27. The van der Waals surface area contributed by atoms with E-state index in [1.54, 1.807) is 12.1 Å². The summed E-state index contributed by atoms with van der Waals surface area (Å²) in [4.78, 5) is 11.2. The normalized spacial score (nSPS) is 17.7. The summed E-state index contributed by atoms with van der Waals surface area (Å²) in [6, 6.07) is 16.2. The Balaban J connectivity index is 1.77. The van der Waals surface area contributed by atoms with Gasteiger partial charge in [0.2, 0.25) is 6.41 Å². The van der Waals surface area contributed by atoms with E-state index in [0.29, 0.717) is 6.42 Å². The van der Waals surface area contributed by atoms with E-state index < -0.39 is 0 Å². The fourth-order valence-corrected chi connectivity index (χ4v) is 2.56. The van der Waals surface area contributed by atoms with Crippen molar-refractivity contribution in [3.63, 3.8) is 0 Å². The molecular formula is C17H15FN2O. The highest BCUT2D eigenvalue weighted by atomic mass is 19.1. The molecule has 21 heavy (non-hydrogen) atoms. The molecule has 106 valence electrons. The van der Waals surface area contributed by atoms with E-state index in [2.05, 4.69) is 5.10 Å². The molecule has 0 aliphatic carbocycles. The van der Waals surface area contributed by atoms with E-state index >= 15 is 0 Å². The van der Waals surface area contributed by atoms with E-state index in [1.807, 2.05) is 30.3 Å². The van der Waals surface area contributed by atoms with Crippen LogP contribution in [0.4, 0.5) is 4.39 Å². The van der Waals surface area contributed by atoms with E-state index in [9.17, 15) is 9.18 Å². The van der Waals surface area contributed by atoms with Crippen LogP contribution in [0.3, 0.4) is 0 Å². The van der Waals surface area contributed by atoms with Gasteiger partial charge in [0.05, 0.1) is 11.8 Å². The monoisotopic (exact) mass is 282 g/mol. The average molecular weight is 282 g/mol. The maximum Gasteiger partial charge on any atom is 0.230 e. The first-order valence-corrected chi connectivity index (χ1v) is 6.87. The lowest BCUT2D eigenvalue weighted by atomic mass is 9.99. The molecule has 2 aromatic rings. The maximum atomic E-state index is 13.0. The van der Waals surface area contributed by atoms with Crippen LogP contribution >= 0.6 is 0 Å². The van der Waals surface area contributed by atoms with Crippen LogP contribution in [0.5, 0.6) is 0 Å². The number of amides is 1. The summed E-state index contributed by atoms with van der Waals surface area (Å²) >= 11 is 0. The van der Waals surface area contributed by atoms with E-state index in [4.69, 9.17) is 0 Å². The summed E-state index contributed by atoms with van der Waals surface area (Å²) in [6.07, 6.45) is 2.19. The molecule has 4 heteroatoms. The molecule has 1 amide bonds. The van der Waals surface area contributed by atoms with Gasteiger partial charge in [0.15, 0.2) is 0 Å². The Kier molecular flexibility index (Phi) is 3.77. The molecule has 0 fully saturated rings. The van der Waals surface area contributed by atoms with Crippen molar-refractivity contribution in [2.24, 2.45) is 5.10 Å². The maximum absolute atomic E-state index is 13.0. The Morgan fingerprint density at radius 1 is 1.14 bits per heavy atom. The predicted octanol–water partition coefficient (Wildman–Crippen LogP) is 3.00. The molecule has 0 saturated carbocycles. The summed E-state index contributed by atoms with van der Waals surface area (Å²) in [5, 5.41) is 5.81. The lowest BCUT2D eigenvalue weighted by molar-refractivity contribution is -0.119. The summed E-state index contributed by atoms with van der Waals surface area (Å²) < 4.78 is 13.0. The molecule has 0 bridgehead atoms. The quantitative estimate of drug-likeness (QED) is 0.793. The molecule has 0 spiro atoms. The lowest BCUT2D eigenvalue weighted by Crippen LogP contribution is -2.27. The molecule has 0 N–H and O–H groups in total. The van der Waals surface area contributed by atoms with Gasteiger partial charge < -0.3 is 0 Å². The minimum absolute atomic E-state index is 0.0185. The number of hydrogen-bond donors (Lipinski definition) is 0. The van der Waals surface area contributed by atoms with Crippen molar-refractivity contribution in [2.45, 2.75) is 18.9 Å². The summed E-state index contributed by atoms with van der Waals surface area (Å²) in [6.45, 7) is 0. The second-order valence-electron chi connectivity index (χ2n) is 5.09. The molecule has 1 atom stereocenters. The number of hydrogen-bond acceptors (Lipinski definition) is 2. The van der Waals surface area contributed by atoms with Gasteiger partial charge in [-0.2, -0.15) is 5.10 Å². The third-order valence-corrected chi connectivity index (χ3v) is 3.64. The fraction of sp³-hybridized carbons (Fsp3) is 0.176. The summed E-state index contributed by atoms with van der Waals surface area (Å²) in [7, 11) is 0. The van der Waals surface area contributed by atoms with Crippen molar-refractivity contribution in [2.75, 3.05) is 0 Å². The average Bonchev–Trinajstić information content (AvgIpc) is 2.92. The third-order valence-electron chi connectivity index (χ3n) is 3.64. The minimum atomic E-state index is -0.273. The van der Waals surface area contributed by atoms with Crippen molar-refractivity contribution in [1.29, 1.82) is 0 Å². The molecule has 1 aliphatic heterocycles. The topological polar surface area (TPSA) is 32.7 Å². The Hall–Kier alpha value is -2.49. The number of carbonyl (C=O) groups excluding carboxylic acids is 1. The van der Waals surface area contributed by atoms with E-state index in [-0.39, 0.29) is 11.9 Å². The Labute approximate surface area is 122 Å². The van der Waals surface area contributed by atoms with Gasteiger partial charge in [-0.15, -0.1) is 0 Å². The molecular weight excluding hydrogens is 267 g/mol. The molecule has 1 unspecified atom stereocenters. The number of rotatable bonds is 4. The zero-order chi connectivity index (χ0) is 14.7. The van der Waals surface area contributed by atoms with Gasteiger partial charge in [0.25, 0.3) is 0 Å². The van der Waals surface area contributed by atoms with Crippen molar-refractivity contribution in [1.82, 2.24) is 5.01 Å². The number of benzene rings is 2. The van der Waals surface area contributed by atoms with Crippen LogP contribution in [0.2, 0.25) is 0 Å². The smallest absolute Gasteiger partial charge is 0.230 e. The van der Waals surface area contributed by atoms with Crippen LogP contribution in [0, 0.1) is 5.82 Å². The molecule has 1 heterocycles. The van der Waals surface area contributed by atoms with Crippen molar-refractivity contribution in [3.05, 3.63) is 71.5 Å². The first kappa shape index (κ1) is 13.5. The van der Waals surface area contributed by atoms with Gasteiger partial charge in [-0.25, -0.2) is 9.40 Å². The van der Waals surface area contributed by atoms with E-state index in [0.717, 1.165) is 24.1 Å². The summed E-state index contributed by atoms with van der Waals surface area (Å²) in [5.74, 6) is -0.273.